The molecule has 33 heavy (non-hydrogen) atoms. The van der Waals surface area contributed by atoms with Crippen molar-refractivity contribution in [1.82, 2.24) is 19.9 Å². The zero-order valence-corrected chi connectivity index (χ0v) is 16.5. The van der Waals surface area contributed by atoms with Crippen molar-refractivity contribution in [2.75, 3.05) is 5.73 Å². The van der Waals surface area contributed by atoms with Crippen LogP contribution >= 0.6 is 0 Å². The van der Waals surface area contributed by atoms with E-state index < -0.39 is 23.6 Å². The summed E-state index contributed by atoms with van der Waals surface area (Å²) in [5, 5.41) is 0. The van der Waals surface area contributed by atoms with Crippen molar-refractivity contribution in [1.29, 1.82) is 0 Å². The fraction of sp³-hybridized carbons (Fsp3) is 0.0909. The highest BCUT2D eigenvalue weighted by atomic mass is 19.4. The van der Waals surface area contributed by atoms with Gasteiger partial charge in [0.05, 0.1) is 17.0 Å². The Labute approximate surface area is 183 Å². The van der Waals surface area contributed by atoms with Crippen LogP contribution in [0.2, 0.25) is 0 Å². The van der Waals surface area contributed by atoms with Crippen molar-refractivity contribution < 1.29 is 26.3 Å². The van der Waals surface area contributed by atoms with Gasteiger partial charge in [-0.25, -0.2) is 15.0 Å². The standard InChI is InChI=1S/C22H13F6N5/c23-21(24,25)15-4-1-12(2-5-15)17-10-18(22(26,27)28)33-20(32-17)13-7-8-30-16(9-13)14-3-6-19(29)31-11-14/h1-11H,(H2,29,31). The number of anilines is 1. The van der Waals surface area contributed by atoms with Crippen molar-refractivity contribution in [3.8, 4) is 33.9 Å². The number of aromatic nitrogens is 4. The molecule has 0 saturated carbocycles. The quantitative estimate of drug-likeness (QED) is 0.385. The summed E-state index contributed by atoms with van der Waals surface area (Å²) in [6.07, 6.45) is -6.53. The number of rotatable bonds is 3. The molecule has 2 N–H and O–H groups in total. The molecule has 3 aromatic heterocycles. The van der Waals surface area contributed by atoms with E-state index in [2.05, 4.69) is 19.9 Å². The van der Waals surface area contributed by atoms with E-state index in [0.29, 0.717) is 17.3 Å². The molecule has 168 valence electrons. The Kier molecular flexibility index (Phi) is 5.48. The Morgan fingerprint density at radius 3 is 1.94 bits per heavy atom. The van der Waals surface area contributed by atoms with Crippen LogP contribution in [0.4, 0.5) is 32.2 Å². The first-order chi connectivity index (χ1) is 15.5. The van der Waals surface area contributed by atoms with Gasteiger partial charge in [-0.05, 0) is 42.5 Å². The average molecular weight is 461 g/mol. The SMILES string of the molecule is Nc1ccc(-c2cc(-c3nc(-c4ccc(C(F)(F)F)cc4)cc(C(F)(F)F)n3)ccn2)cn1. The molecule has 0 aliphatic rings. The van der Waals surface area contributed by atoms with Gasteiger partial charge in [-0.3, -0.25) is 4.98 Å². The summed E-state index contributed by atoms with van der Waals surface area (Å²) in [5.41, 5.74) is 4.53. The Hall–Kier alpha value is -4.02. The molecule has 0 radical (unpaired) electrons. The number of halogens is 6. The number of nitrogens with zero attached hydrogens (tertiary/aromatic N) is 4. The minimum Gasteiger partial charge on any atom is -0.384 e. The summed E-state index contributed by atoms with van der Waals surface area (Å²) >= 11 is 0. The van der Waals surface area contributed by atoms with E-state index in [0.717, 1.165) is 24.3 Å². The zero-order valence-electron chi connectivity index (χ0n) is 16.5. The molecule has 4 rings (SSSR count). The predicted molar refractivity (Wildman–Crippen MR) is 108 cm³/mol. The smallest absolute Gasteiger partial charge is 0.384 e. The maximum Gasteiger partial charge on any atom is 0.433 e. The number of benzene rings is 1. The van der Waals surface area contributed by atoms with E-state index in [4.69, 9.17) is 5.73 Å². The monoisotopic (exact) mass is 461 g/mol. The second-order valence-electron chi connectivity index (χ2n) is 6.94. The van der Waals surface area contributed by atoms with Crippen LogP contribution < -0.4 is 5.73 Å². The fourth-order valence-electron chi connectivity index (χ4n) is 2.98. The van der Waals surface area contributed by atoms with Crippen molar-refractivity contribution in [3.05, 3.63) is 78.2 Å². The summed E-state index contributed by atoms with van der Waals surface area (Å²) in [6, 6.07) is 10.5. The van der Waals surface area contributed by atoms with Crippen LogP contribution in [0.3, 0.4) is 0 Å². The van der Waals surface area contributed by atoms with E-state index in [1.165, 1.54) is 24.5 Å². The first-order valence-corrected chi connectivity index (χ1v) is 9.33. The van der Waals surface area contributed by atoms with Crippen LogP contribution in [0, 0.1) is 0 Å². The topological polar surface area (TPSA) is 77.6 Å². The third kappa shape index (κ3) is 4.92. The highest BCUT2D eigenvalue weighted by Gasteiger charge is 2.34. The highest BCUT2D eigenvalue weighted by Crippen LogP contribution is 2.34. The second-order valence-corrected chi connectivity index (χ2v) is 6.94. The Morgan fingerprint density at radius 2 is 1.33 bits per heavy atom. The van der Waals surface area contributed by atoms with Crippen LogP contribution in [-0.2, 0) is 12.4 Å². The number of hydrogen-bond donors (Lipinski definition) is 1. The molecule has 0 spiro atoms. The molecule has 0 atom stereocenters. The minimum absolute atomic E-state index is 0.0779. The Bertz CT molecular complexity index is 1280. The first kappa shape index (κ1) is 22.2. The fourth-order valence-corrected chi connectivity index (χ4v) is 2.98. The molecule has 4 aromatic rings. The summed E-state index contributed by atoms with van der Waals surface area (Å²) < 4.78 is 79.0. The maximum atomic E-state index is 13.5. The van der Waals surface area contributed by atoms with Crippen LogP contribution in [0.15, 0.2) is 67.0 Å². The Balaban J connectivity index is 1.81. The summed E-state index contributed by atoms with van der Waals surface area (Å²) in [5.74, 6) is 0.0316. The lowest BCUT2D eigenvalue weighted by Crippen LogP contribution is -2.10. The third-order valence-electron chi connectivity index (χ3n) is 4.62. The lowest BCUT2D eigenvalue weighted by atomic mass is 10.1. The second kappa shape index (κ2) is 8.15. The molecular formula is C22H13F6N5. The van der Waals surface area contributed by atoms with E-state index in [-0.39, 0.29) is 28.5 Å². The van der Waals surface area contributed by atoms with Gasteiger partial charge in [0.1, 0.15) is 11.5 Å². The highest BCUT2D eigenvalue weighted by molar-refractivity contribution is 5.69. The van der Waals surface area contributed by atoms with Crippen molar-refractivity contribution in [2.24, 2.45) is 0 Å². The largest absolute Gasteiger partial charge is 0.433 e. The van der Waals surface area contributed by atoms with Crippen molar-refractivity contribution in [2.45, 2.75) is 12.4 Å². The van der Waals surface area contributed by atoms with E-state index in [1.807, 2.05) is 0 Å². The van der Waals surface area contributed by atoms with Crippen LogP contribution in [-0.4, -0.2) is 19.9 Å². The van der Waals surface area contributed by atoms with Crippen molar-refractivity contribution >= 4 is 5.82 Å². The summed E-state index contributed by atoms with van der Waals surface area (Å²) in [4.78, 5) is 15.9. The normalized spacial score (nSPS) is 12.1. The molecule has 0 amide bonds. The molecule has 11 heteroatoms. The van der Waals surface area contributed by atoms with E-state index in [1.54, 1.807) is 12.1 Å². The van der Waals surface area contributed by atoms with Gasteiger partial charge in [0.2, 0.25) is 0 Å². The van der Waals surface area contributed by atoms with Gasteiger partial charge in [0.25, 0.3) is 0 Å². The van der Waals surface area contributed by atoms with Crippen molar-refractivity contribution in [3.63, 3.8) is 0 Å². The average Bonchev–Trinajstić information content (AvgIpc) is 2.78. The first-order valence-electron chi connectivity index (χ1n) is 9.33. The molecule has 3 heterocycles. The number of nitrogens with two attached hydrogens (primary N) is 1. The summed E-state index contributed by atoms with van der Waals surface area (Å²) in [6.45, 7) is 0. The molecular weight excluding hydrogens is 448 g/mol. The molecule has 0 aliphatic heterocycles. The van der Waals surface area contributed by atoms with Gasteiger partial charge in [-0.2, -0.15) is 26.3 Å². The number of pyridine rings is 2. The number of hydrogen-bond acceptors (Lipinski definition) is 5. The number of alkyl halides is 6. The van der Waals surface area contributed by atoms with E-state index in [9.17, 15) is 26.3 Å². The lowest BCUT2D eigenvalue weighted by molar-refractivity contribution is -0.141. The molecule has 0 aliphatic carbocycles. The van der Waals surface area contributed by atoms with Gasteiger partial charge in [0, 0.05) is 29.1 Å². The van der Waals surface area contributed by atoms with E-state index >= 15 is 0 Å². The van der Waals surface area contributed by atoms with Gasteiger partial charge in [-0.15, -0.1) is 0 Å². The molecule has 0 unspecified atom stereocenters. The van der Waals surface area contributed by atoms with Gasteiger partial charge in [0.15, 0.2) is 5.82 Å². The number of nitrogen functional groups attached to an aromatic ring is 1. The predicted octanol–water partition coefficient (Wildman–Crippen LogP) is 5.89. The summed E-state index contributed by atoms with van der Waals surface area (Å²) in [7, 11) is 0. The van der Waals surface area contributed by atoms with Crippen LogP contribution in [0.5, 0.6) is 0 Å². The van der Waals surface area contributed by atoms with Gasteiger partial charge >= 0.3 is 12.4 Å². The Morgan fingerprint density at radius 1 is 0.636 bits per heavy atom. The molecule has 0 bridgehead atoms. The van der Waals surface area contributed by atoms with Crippen LogP contribution in [0.25, 0.3) is 33.9 Å². The zero-order chi connectivity index (χ0) is 23.8. The van der Waals surface area contributed by atoms with Gasteiger partial charge < -0.3 is 5.73 Å². The van der Waals surface area contributed by atoms with Crippen LogP contribution in [0.1, 0.15) is 11.3 Å². The molecule has 0 saturated heterocycles. The molecule has 0 fully saturated rings. The third-order valence-corrected chi connectivity index (χ3v) is 4.62. The van der Waals surface area contributed by atoms with Gasteiger partial charge in [-0.1, -0.05) is 12.1 Å². The lowest BCUT2D eigenvalue weighted by Gasteiger charge is -2.12. The minimum atomic E-state index is -4.80. The molecule has 5 nitrogen and oxygen atoms in total. The molecule has 1 aromatic carbocycles. The maximum absolute atomic E-state index is 13.5.